The Morgan fingerprint density at radius 2 is 1.70 bits per heavy atom. The van der Waals surface area contributed by atoms with Gasteiger partial charge in [0.05, 0.1) is 5.56 Å². The molecule has 1 aromatic heterocycles. The van der Waals surface area contributed by atoms with E-state index in [1.807, 2.05) is 0 Å². The van der Waals surface area contributed by atoms with Crippen molar-refractivity contribution < 1.29 is 37.0 Å². The van der Waals surface area contributed by atoms with E-state index in [0.717, 1.165) is 12.1 Å². The number of aliphatic carboxylic acids is 1. The number of hydrogen-bond donors (Lipinski definition) is 1. The molecule has 0 saturated heterocycles. The van der Waals surface area contributed by atoms with Gasteiger partial charge in [-0.1, -0.05) is 12.1 Å². The number of rotatable bonds is 5. The van der Waals surface area contributed by atoms with Gasteiger partial charge >= 0.3 is 18.0 Å². The number of carboxylic acids is 1. The Morgan fingerprint density at radius 3 is 2.33 bits per heavy atom. The van der Waals surface area contributed by atoms with Crippen molar-refractivity contribution in [1.82, 2.24) is 0 Å². The minimum absolute atomic E-state index is 0.153. The third-order valence-electron chi connectivity index (χ3n) is 3.47. The molecular weight excluding hydrogens is 369 g/mol. The maximum atomic E-state index is 12.2. The van der Waals surface area contributed by atoms with E-state index in [1.165, 1.54) is 30.3 Å². The fourth-order valence-corrected chi connectivity index (χ4v) is 2.36. The molecule has 1 N–H and O–H groups in total. The van der Waals surface area contributed by atoms with Crippen LogP contribution in [-0.4, -0.2) is 24.0 Å². The summed E-state index contributed by atoms with van der Waals surface area (Å²) < 4.78 is 50.6. The second kappa shape index (κ2) is 7.02. The number of carbonyl (C=O) groups is 1. The largest absolute Gasteiger partial charge is 0.573 e. The van der Waals surface area contributed by atoms with Gasteiger partial charge in [0.2, 0.25) is 0 Å². The molecular formula is C18H11F3O6. The quantitative estimate of drug-likeness (QED) is 0.678. The number of halogens is 3. The molecule has 0 radical (unpaired) electrons. The van der Waals surface area contributed by atoms with Crippen LogP contribution in [0.25, 0.3) is 22.1 Å². The molecule has 3 rings (SSSR count). The van der Waals surface area contributed by atoms with Gasteiger partial charge in [0.15, 0.2) is 6.61 Å². The number of fused-ring (bicyclic) bond motifs is 1. The van der Waals surface area contributed by atoms with Gasteiger partial charge in [-0.2, -0.15) is 0 Å². The Kier molecular flexibility index (Phi) is 4.76. The van der Waals surface area contributed by atoms with Crippen LogP contribution in [0.1, 0.15) is 0 Å². The first-order valence-corrected chi connectivity index (χ1v) is 7.50. The summed E-state index contributed by atoms with van der Waals surface area (Å²) in [6.45, 7) is -0.542. The highest BCUT2D eigenvalue weighted by molar-refractivity contribution is 5.83. The summed E-state index contributed by atoms with van der Waals surface area (Å²) in [5.74, 6) is -1.34. The van der Waals surface area contributed by atoms with E-state index in [0.29, 0.717) is 10.9 Å². The normalized spacial score (nSPS) is 11.4. The molecule has 0 unspecified atom stereocenters. The molecule has 0 spiro atoms. The van der Waals surface area contributed by atoms with Gasteiger partial charge in [-0.3, -0.25) is 0 Å². The van der Waals surface area contributed by atoms with Gasteiger partial charge < -0.3 is 19.0 Å². The molecule has 0 atom stereocenters. The Morgan fingerprint density at radius 1 is 1.04 bits per heavy atom. The average molecular weight is 380 g/mol. The number of benzene rings is 2. The van der Waals surface area contributed by atoms with Crippen molar-refractivity contribution in [3.05, 3.63) is 59.0 Å². The fourth-order valence-electron chi connectivity index (χ4n) is 2.36. The van der Waals surface area contributed by atoms with Crippen LogP contribution >= 0.6 is 0 Å². The lowest BCUT2D eigenvalue weighted by molar-refractivity contribution is -0.274. The first-order valence-electron chi connectivity index (χ1n) is 7.50. The second-order valence-corrected chi connectivity index (χ2v) is 5.40. The molecule has 0 aliphatic rings. The van der Waals surface area contributed by atoms with Crippen molar-refractivity contribution in [3.63, 3.8) is 0 Å². The van der Waals surface area contributed by atoms with Gasteiger partial charge in [0.25, 0.3) is 0 Å². The highest BCUT2D eigenvalue weighted by Gasteiger charge is 2.31. The van der Waals surface area contributed by atoms with Crippen LogP contribution in [0.2, 0.25) is 0 Å². The van der Waals surface area contributed by atoms with Crippen LogP contribution in [0.5, 0.6) is 11.5 Å². The first-order chi connectivity index (χ1) is 12.7. The van der Waals surface area contributed by atoms with Gasteiger partial charge in [0.1, 0.15) is 17.1 Å². The highest BCUT2D eigenvalue weighted by atomic mass is 19.4. The Bertz CT molecular complexity index is 1040. The third-order valence-corrected chi connectivity index (χ3v) is 3.47. The zero-order chi connectivity index (χ0) is 19.6. The van der Waals surface area contributed by atoms with Crippen molar-refractivity contribution in [2.24, 2.45) is 0 Å². The Hall–Kier alpha value is -3.49. The smallest absolute Gasteiger partial charge is 0.482 e. The second-order valence-electron chi connectivity index (χ2n) is 5.40. The van der Waals surface area contributed by atoms with Crippen LogP contribution in [0, 0.1) is 0 Å². The maximum Gasteiger partial charge on any atom is 0.573 e. The minimum atomic E-state index is -4.80. The van der Waals surface area contributed by atoms with Crippen molar-refractivity contribution in [1.29, 1.82) is 0 Å². The highest BCUT2D eigenvalue weighted by Crippen LogP contribution is 2.27. The molecule has 9 heteroatoms. The standard InChI is InChI=1S/C18H11F3O6/c19-18(20,21)27-12-4-1-10(2-5-12)14-7-11-3-6-13(25-9-16(22)23)8-15(11)26-17(14)24/h1-8H,9H2,(H,22,23). The van der Waals surface area contributed by atoms with E-state index in [1.54, 1.807) is 6.07 Å². The van der Waals surface area contributed by atoms with Gasteiger partial charge in [-0.15, -0.1) is 13.2 Å². The summed E-state index contributed by atoms with van der Waals surface area (Å²) in [4.78, 5) is 22.7. The predicted octanol–water partition coefficient (Wildman–Crippen LogP) is 3.82. The topological polar surface area (TPSA) is 86.0 Å². The van der Waals surface area contributed by atoms with Crippen molar-refractivity contribution in [2.75, 3.05) is 6.61 Å². The maximum absolute atomic E-state index is 12.2. The van der Waals surface area contributed by atoms with Crippen molar-refractivity contribution in [3.8, 4) is 22.6 Å². The lowest BCUT2D eigenvalue weighted by Gasteiger charge is -2.09. The Balaban J connectivity index is 1.91. The van der Waals surface area contributed by atoms with Gasteiger partial charge in [-0.25, -0.2) is 9.59 Å². The summed E-state index contributed by atoms with van der Waals surface area (Å²) in [6, 6.07) is 10.8. The lowest BCUT2D eigenvalue weighted by atomic mass is 10.1. The molecule has 3 aromatic rings. The van der Waals surface area contributed by atoms with Crippen molar-refractivity contribution >= 4 is 16.9 Å². The van der Waals surface area contributed by atoms with Crippen LogP contribution in [-0.2, 0) is 4.79 Å². The Labute approximate surface area is 149 Å². The van der Waals surface area contributed by atoms with Crippen LogP contribution in [0.15, 0.2) is 57.7 Å². The van der Waals surface area contributed by atoms with E-state index in [9.17, 15) is 22.8 Å². The monoisotopic (exact) mass is 380 g/mol. The summed E-state index contributed by atoms with van der Waals surface area (Å²) in [6.07, 6.45) is -4.80. The van der Waals surface area contributed by atoms with E-state index >= 15 is 0 Å². The SMILES string of the molecule is O=C(O)COc1ccc2cc(-c3ccc(OC(F)(F)F)cc3)c(=O)oc2c1. The van der Waals surface area contributed by atoms with E-state index in [2.05, 4.69) is 4.74 Å². The molecule has 27 heavy (non-hydrogen) atoms. The molecule has 0 fully saturated rings. The van der Waals surface area contributed by atoms with Crippen LogP contribution in [0.4, 0.5) is 13.2 Å². The number of ether oxygens (including phenoxy) is 2. The molecule has 0 saturated carbocycles. The lowest BCUT2D eigenvalue weighted by Crippen LogP contribution is -2.17. The molecule has 0 bridgehead atoms. The number of hydrogen-bond acceptors (Lipinski definition) is 5. The van der Waals surface area contributed by atoms with Gasteiger partial charge in [-0.05, 0) is 35.9 Å². The molecule has 1 heterocycles. The molecule has 0 aliphatic heterocycles. The summed E-state index contributed by atoms with van der Waals surface area (Å²) >= 11 is 0. The molecule has 6 nitrogen and oxygen atoms in total. The van der Waals surface area contributed by atoms with Crippen molar-refractivity contribution in [2.45, 2.75) is 6.36 Å². The first kappa shape index (κ1) is 18.3. The fraction of sp³-hybridized carbons (Fsp3) is 0.111. The number of carboxylic acid groups (broad SMARTS) is 1. The molecule has 2 aromatic carbocycles. The van der Waals surface area contributed by atoms with Crippen LogP contribution in [0.3, 0.4) is 0 Å². The van der Waals surface area contributed by atoms with E-state index < -0.39 is 30.3 Å². The summed E-state index contributed by atoms with van der Waals surface area (Å²) in [7, 11) is 0. The summed E-state index contributed by atoms with van der Waals surface area (Å²) in [5.41, 5.74) is -0.0160. The van der Waals surface area contributed by atoms with E-state index in [4.69, 9.17) is 14.3 Å². The predicted molar refractivity (Wildman–Crippen MR) is 87.7 cm³/mol. The average Bonchev–Trinajstić information content (AvgIpc) is 2.58. The summed E-state index contributed by atoms with van der Waals surface area (Å²) in [5, 5.41) is 9.14. The van der Waals surface area contributed by atoms with Gasteiger partial charge in [0, 0.05) is 11.5 Å². The third kappa shape index (κ3) is 4.57. The zero-order valence-electron chi connectivity index (χ0n) is 13.4. The number of alkyl halides is 3. The minimum Gasteiger partial charge on any atom is -0.482 e. The molecule has 0 aliphatic carbocycles. The van der Waals surface area contributed by atoms with Crippen LogP contribution < -0.4 is 15.1 Å². The molecule has 0 amide bonds. The zero-order valence-corrected chi connectivity index (χ0v) is 13.4. The van der Waals surface area contributed by atoms with E-state index in [-0.39, 0.29) is 16.9 Å². The molecule has 140 valence electrons.